The fourth-order valence-corrected chi connectivity index (χ4v) is 24.4. The zero-order chi connectivity index (χ0) is 88.6. The Balaban J connectivity index is 0.619. The van der Waals surface area contributed by atoms with Gasteiger partial charge in [-0.2, -0.15) is 0 Å². The van der Waals surface area contributed by atoms with Gasteiger partial charge in [0, 0.05) is 65.8 Å². The lowest BCUT2D eigenvalue weighted by Gasteiger charge is -2.16. The molecule has 26 aromatic carbocycles. The first-order chi connectivity index (χ1) is 67.5. The minimum Gasteiger partial charge on any atom is -0.309 e. The highest BCUT2D eigenvalue weighted by Crippen LogP contribution is 2.50. The van der Waals surface area contributed by atoms with Crippen LogP contribution in [0, 0.1) is 0 Å². The Morgan fingerprint density at radius 3 is 0.463 bits per heavy atom. The van der Waals surface area contributed by atoms with Gasteiger partial charge in [-0.15, -0.1) is 0 Å². The van der Waals surface area contributed by atoms with Crippen molar-refractivity contribution in [3.8, 4) is 33.9 Å². The van der Waals surface area contributed by atoms with Gasteiger partial charge >= 0.3 is 0 Å². The standard InChI is InChI=1S/C132H78N4/c1-2-30-86-85(29-1)87-31-3-7-35-91(87)115-75-117-93-37-9-5-33-89(93)103-65-60-83(73-113(103)95-39-11-14-42-98(95)118(117)76-116(115)92-36-8-4-32-88(86)92)135-130-56-28-22-50-110(130)124-74-84(62-68-132(124)135)136-129-55-27-21-49-109(129)123-70-80(58-67-131(123)136)79-57-63-101-104-66-61-82(134-127-53-25-19-47-107(127)108-48-20-26-54-128(108)134)72-114(104)97-41-13-16-44-100(97)121-77-119-99-43-15-12-40-96(99)112-71-81(133-125-51-23-17-45-105(125)106-46-18-24-52-126(106)133)59-64-102(112)90-34-6-10-38-94(90)120(119)78-122(121)111(101)69-79/h1-78H. The Morgan fingerprint density at radius 1 is 0.0809 bits per heavy atom. The van der Waals surface area contributed by atoms with Crippen LogP contribution in [-0.4, -0.2) is 18.3 Å². The fraction of sp³-hybridized carbons (Fsp3) is 0. The van der Waals surface area contributed by atoms with E-state index in [0.717, 1.165) is 55.9 Å². The average Bonchev–Trinajstić information content (AvgIpc) is 0.947. The fourth-order valence-electron chi connectivity index (χ4n) is 24.4. The molecule has 0 unspecified atom stereocenters. The summed E-state index contributed by atoms with van der Waals surface area (Å²) in [6.45, 7) is 0. The monoisotopic (exact) mass is 1720 g/mol. The van der Waals surface area contributed by atoms with Crippen molar-refractivity contribution < 1.29 is 0 Å². The molecule has 0 amide bonds. The minimum atomic E-state index is 1.10. The van der Waals surface area contributed by atoms with Crippen LogP contribution in [0.5, 0.6) is 0 Å². The smallest absolute Gasteiger partial charge is 0.0542 e. The molecule has 0 saturated heterocycles. The number of aromatic nitrogens is 4. The van der Waals surface area contributed by atoms with E-state index in [1.54, 1.807) is 0 Å². The van der Waals surface area contributed by atoms with Crippen molar-refractivity contribution in [3.63, 3.8) is 0 Å². The van der Waals surface area contributed by atoms with Crippen molar-refractivity contribution in [3.05, 3.63) is 473 Å². The molecule has 30 rings (SSSR count). The molecule has 626 valence electrons. The first-order valence-corrected chi connectivity index (χ1v) is 47.3. The molecular weight excluding hydrogens is 1640 g/mol. The molecule has 30 aromatic rings. The van der Waals surface area contributed by atoms with Crippen LogP contribution in [0.25, 0.3) is 293 Å². The first kappa shape index (κ1) is 74.8. The lowest BCUT2D eigenvalue weighted by atomic mass is 9.89. The predicted octanol–water partition coefficient (Wildman–Crippen LogP) is 36.4. The van der Waals surface area contributed by atoms with Crippen molar-refractivity contribution >= 4 is 260 Å². The van der Waals surface area contributed by atoms with Crippen molar-refractivity contribution in [1.82, 2.24) is 18.3 Å². The lowest BCUT2D eigenvalue weighted by Crippen LogP contribution is -1.96. The molecule has 4 aromatic heterocycles. The summed E-state index contributed by atoms with van der Waals surface area (Å²) in [5.41, 5.74) is 16.1. The Morgan fingerprint density at radius 2 is 0.213 bits per heavy atom. The van der Waals surface area contributed by atoms with E-state index in [1.165, 1.54) is 238 Å². The van der Waals surface area contributed by atoms with Gasteiger partial charge in [0.2, 0.25) is 0 Å². The zero-order valence-corrected chi connectivity index (χ0v) is 73.8. The zero-order valence-electron chi connectivity index (χ0n) is 73.8. The summed E-state index contributed by atoms with van der Waals surface area (Å²) in [7, 11) is 0. The molecule has 0 aliphatic heterocycles. The second-order valence-electron chi connectivity index (χ2n) is 37.1. The highest BCUT2D eigenvalue weighted by atomic mass is 15.0. The summed E-state index contributed by atoms with van der Waals surface area (Å²) in [5.74, 6) is 0. The summed E-state index contributed by atoms with van der Waals surface area (Å²) in [5, 5.41) is 48.3. The maximum Gasteiger partial charge on any atom is 0.0542 e. The maximum absolute atomic E-state index is 2.57. The maximum atomic E-state index is 2.57. The number of para-hydroxylation sites is 6. The van der Waals surface area contributed by atoms with E-state index < -0.39 is 0 Å². The van der Waals surface area contributed by atoms with Crippen molar-refractivity contribution in [2.75, 3.05) is 0 Å². The number of fused-ring (bicyclic) bond motifs is 44. The molecule has 0 fully saturated rings. The van der Waals surface area contributed by atoms with Gasteiger partial charge in [-0.05, 0) is 317 Å². The Bertz CT molecular complexity index is 10700. The van der Waals surface area contributed by atoms with Gasteiger partial charge in [-0.1, -0.05) is 340 Å². The molecule has 0 radical (unpaired) electrons. The summed E-state index contributed by atoms with van der Waals surface area (Å²) in [4.78, 5) is 0. The van der Waals surface area contributed by atoms with E-state index in [9.17, 15) is 0 Å². The SMILES string of the molecule is c1ccc2c(c1)c1ccccc1c1cc3c4ccccc4c4ccc(-n5c6ccccc6c6cc(-n7c8ccccc8c8cc(-c9ccc%10c%11ccc(-n%12c%13ccccc%13c%13ccccc%13%12)cc%11c%11ccccc%11c%11cc%12c%13ccccc%13c%13cc(-n%14c%15ccccc%15c%15ccccc%15%14)ccc%13c%13ccccc%13c%12cc%11c%10c9)ccc87)ccc65)cc4c4ccccc4c3cc1c1ccccc21. The number of hydrogen-bond donors (Lipinski definition) is 0. The molecule has 4 heteroatoms. The highest BCUT2D eigenvalue weighted by molar-refractivity contribution is 6.36. The van der Waals surface area contributed by atoms with E-state index in [2.05, 4.69) is 491 Å². The first-order valence-electron chi connectivity index (χ1n) is 47.3. The van der Waals surface area contributed by atoms with Crippen LogP contribution < -0.4 is 0 Å². The molecule has 136 heavy (non-hydrogen) atoms. The summed E-state index contributed by atoms with van der Waals surface area (Å²) in [6, 6.07) is 180. The van der Waals surface area contributed by atoms with Gasteiger partial charge in [0.05, 0.1) is 44.1 Å². The van der Waals surface area contributed by atoms with Crippen LogP contribution >= 0.6 is 0 Å². The summed E-state index contributed by atoms with van der Waals surface area (Å²) < 4.78 is 9.93. The van der Waals surface area contributed by atoms with Crippen LogP contribution in [0.4, 0.5) is 0 Å². The Hall–Kier alpha value is -18.0. The van der Waals surface area contributed by atoms with Gasteiger partial charge < -0.3 is 18.3 Å². The minimum absolute atomic E-state index is 1.10. The highest BCUT2D eigenvalue weighted by Gasteiger charge is 2.25. The molecule has 4 heterocycles. The van der Waals surface area contributed by atoms with Gasteiger partial charge in [0.1, 0.15) is 0 Å². The van der Waals surface area contributed by atoms with Crippen LogP contribution in [0.3, 0.4) is 0 Å². The molecule has 0 aliphatic carbocycles. The topological polar surface area (TPSA) is 19.7 Å². The van der Waals surface area contributed by atoms with E-state index in [4.69, 9.17) is 0 Å². The van der Waals surface area contributed by atoms with E-state index in [-0.39, 0.29) is 0 Å². The van der Waals surface area contributed by atoms with Gasteiger partial charge in [0.15, 0.2) is 0 Å². The molecule has 0 bridgehead atoms. The molecule has 0 spiro atoms. The molecule has 0 aliphatic rings. The van der Waals surface area contributed by atoms with Gasteiger partial charge in [-0.25, -0.2) is 0 Å². The summed E-state index contributed by atoms with van der Waals surface area (Å²) in [6.07, 6.45) is 0. The van der Waals surface area contributed by atoms with Crippen LogP contribution in [0.2, 0.25) is 0 Å². The molecule has 0 N–H and O–H groups in total. The molecule has 4 nitrogen and oxygen atoms in total. The van der Waals surface area contributed by atoms with Crippen LogP contribution in [0.15, 0.2) is 473 Å². The lowest BCUT2D eigenvalue weighted by molar-refractivity contribution is 1.17. The van der Waals surface area contributed by atoms with Crippen LogP contribution in [0.1, 0.15) is 0 Å². The third kappa shape index (κ3) is 10.7. The normalized spacial score (nSPS) is 12.3. The quantitative estimate of drug-likeness (QED) is 0.164. The molecular formula is C132H78N4. The van der Waals surface area contributed by atoms with Crippen molar-refractivity contribution in [2.24, 2.45) is 0 Å². The number of nitrogens with zero attached hydrogens (tertiary/aromatic N) is 4. The second kappa shape index (κ2) is 28.8. The van der Waals surface area contributed by atoms with Gasteiger partial charge in [0.25, 0.3) is 0 Å². The average molecular weight is 1720 g/mol. The second-order valence-corrected chi connectivity index (χ2v) is 37.1. The number of rotatable bonds is 5. The third-order valence-corrected chi connectivity index (χ3v) is 30.3. The van der Waals surface area contributed by atoms with E-state index >= 15 is 0 Å². The largest absolute Gasteiger partial charge is 0.309 e. The van der Waals surface area contributed by atoms with Gasteiger partial charge in [-0.3, -0.25) is 0 Å². The summed E-state index contributed by atoms with van der Waals surface area (Å²) >= 11 is 0. The van der Waals surface area contributed by atoms with E-state index in [1.807, 2.05) is 0 Å². The molecule has 0 saturated carbocycles. The van der Waals surface area contributed by atoms with Crippen molar-refractivity contribution in [1.29, 1.82) is 0 Å². The molecule has 0 atom stereocenters. The van der Waals surface area contributed by atoms with E-state index in [0.29, 0.717) is 0 Å². The Kier molecular flexibility index (Phi) is 15.8. The number of hydrogen-bond acceptors (Lipinski definition) is 0. The Labute approximate surface area is 779 Å². The predicted molar refractivity (Wildman–Crippen MR) is 585 cm³/mol. The third-order valence-electron chi connectivity index (χ3n) is 30.3. The number of benzene rings is 22. The van der Waals surface area contributed by atoms with Crippen LogP contribution in [-0.2, 0) is 0 Å². The van der Waals surface area contributed by atoms with Crippen molar-refractivity contribution in [2.45, 2.75) is 0 Å².